The van der Waals surface area contributed by atoms with Crippen LogP contribution in [0.15, 0.2) is 24.3 Å². The van der Waals surface area contributed by atoms with Crippen molar-refractivity contribution in [2.45, 2.75) is 45.1 Å². The number of hydrogen-bond donors (Lipinski definition) is 0. The molecule has 92 valence electrons. The summed E-state index contributed by atoms with van der Waals surface area (Å²) in [7, 11) is 0. The number of rotatable bonds is 4. The molecule has 0 bridgehead atoms. The summed E-state index contributed by atoms with van der Waals surface area (Å²) in [6, 6.07) is 8.00. The average molecular weight is 232 g/mol. The monoisotopic (exact) mass is 232 g/mol. The van der Waals surface area contributed by atoms with Crippen LogP contribution in [0.25, 0.3) is 0 Å². The van der Waals surface area contributed by atoms with Gasteiger partial charge in [0, 0.05) is 12.2 Å². The predicted molar refractivity (Wildman–Crippen MR) is 68.5 cm³/mol. The van der Waals surface area contributed by atoms with Gasteiger partial charge in [-0.3, -0.25) is 4.79 Å². The third-order valence-corrected chi connectivity index (χ3v) is 3.60. The summed E-state index contributed by atoms with van der Waals surface area (Å²) < 4.78 is 5.42. The molecule has 0 saturated carbocycles. The third-order valence-electron chi connectivity index (χ3n) is 3.60. The van der Waals surface area contributed by atoms with E-state index in [0.717, 1.165) is 31.4 Å². The summed E-state index contributed by atoms with van der Waals surface area (Å²) in [5.74, 6) is 0.695. The van der Waals surface area contributed by atoms with E-state index >= 15 is 0 Å². The van der Waals surface area contributed by atoms with Crippen LogP contribution in [0.2, 0.25) is 0 Å². The Balaban J connectivity index is 2.09. The predicted octanol–water partition coefficient (Wildman–Crippen LogP) is 3.56. The summed E-state index contributed by atoms with van der Waals surface area (Å²) in [6.45, 7) is 5.11. The van der Waals surface area contributed by atoms with Gasteiger partial charge in [0.2, 0.25) is 0 Å². The van der Waals surface area contributed by atoms with E-state index in [1.807, 2.05) is 12.1 Å². The Labute approximate surface area is 103 Å². The molecule has 2 unspecified atom stereocenters. The zero-order valence-electron chi connectivity index (χ0n) is 10.6. The van der Waals surface area contributed by atoms with Gasteiger partial charge in [0.25, 0.3) is 0 Å². The first kappa shape index (κ1) is 12.3. The van der Waals surface area contributed by atoms with Crippen LogP contribution in [0.3, 0.4) is 0 Å². The van der Waals surface area contributed by atoms with Gasteiger partial charge in [-0.2, -0.15) is 0 Å². The standard InChI is InChI=1S/C15H20O2/c1-3-11(2)12-6-8-13(9-7-12)15(16)14-5-4-10-17-14/h6-9,11,14H,3-5,10H2,1-2H3. The largest absolute Gasteiger partial charge is 0.370 e. The molecule has 1 aliphatic rings. The number of Topliss-reactive ketones (excluding diaryl/α,β-unsaturated/α-hetero) is 1. The molecule has 0 aliphatic carbocycles. The van der Waals surface area contributed by atoms with Crippen LogP contribution in [-0.4, -0.2) is 18.5 Å². The normalized spacial score (nSPS) is 21.4. The molecule has 1 aromatic rings. The minimum Gasteiger partial charge on any atom is -0.370 e. The zero-order valence-corrected chi connectivity index (χ0v) is 10.6. The fraction of sp³-hybridized carbons (Fsp3) is 0.533. The first-order valence-electron chi connectivity index (χ1n) is 6.48. The molecule has 2 rings (SSSR count). The molecule has 1 saturated heterocycles. The Morgan fingerprint density at radius 2 is 2.12 bits per heavy atom. The molecule has 0 N–H and O–H groups in total. The van der Waals surface area contributed by atoms with Crippen molar-refractivity contribution in [3.63, 3.8) is 0 Å². The lowest BCUT2D eigenvalue weighted by molar-refractivity contribution is 0.0643. The van der Waals surface area contributed by atoms with Crippen molar-refractivity contribution in [1.29, 1.82) is 0 Å². The van der Waals surface area contributed by atoms with Gasteiger partial charge in [0.1, 0.15) is 6.10 Å². The van der Waals surface area contributed by atoms with Gasteiger partial charge in [-0.15, -0.1) is 0 Å². The Kier molecular flexibility index (Phi) is 3.95. The van der Waals surface area contributed by atoms with Gasteiger partial charge in [-0.25, -0.2) is 0 Å². The summed E-state index contributed by atoms with van der Waals surface area (Å²) in [5, 5.41) is 0. The van der Waals surface area contributed by atoms with Gasteiger partial charge < -0.3 is 4.74 Å². The molecular formula is C15H20O2. The number of carbonyl (C=O) groups excluding carboxylic acids is 1. The highest BCUT2D eigenvalue weighted by atomic mass is 16.5. The second kappa shape index (κ2) is 5.46. The van der Waals surface area contributed by atoms with Crippen molar-refractivity contribution in [3.05, 3.63) is 35.4 Å². The second-order valence-electron chi connectivity index (χ2n) is 4.80. The van der Waals surface area contributed by atoms with E-state index in [2.05, 4.69) is 26.0 Å². The highest BCUT2D eigenvalue weighted by Crippen LogP contribution is 2.21. The SMILES string of the molecule is CCC(C)c1ccc(C(=O)C2CCCO2)cc1. The highest BCUT2D eigenvalue weighted by molar-refractivity contribution is 5.99. The zero-order chi connectivity index (χ0) is 12.3. The summed E-state index contributed by atoms with van der Waals surface area (Å²) >= 11 is 0. The second-order valence-corrected chi connectivity index (χ2v) is 4.80. The molecule has 2 heteroatoms. The van der Waals surface area contributed by atoms with Crippen LogP contribution in [0.1, 0.15) is 54.9 Å². The number of ether oxygens (including phenoxy) is 1. The van der Waals surface area contributed by atoms with Crippen LogP contribution < -0.4 is 0 Å². The van der Waals surface area contributed by atoms with E-state index in [4.69, 9.17) is 4.74 Å². The van der Waals surface area contributed by atoms with E-state index in [-0.39, 0.29) is 11.9 Å². The van der Waals surface area contributed by atoms with Crippen molar-refractivity contribution in [3.8, 4) is 0 Å². The fourth-order valence-electron chi connectivity index (χ4n) is 2.18. The molecule has 0 aromatic heterocycles. The third kappa shape index (κ3) is 2.75. The summed E-state index contributed by atoms with van der Waals surface area (Å²) in [4.78, 5) is 12.1. The minimum atomic E-state index is -0.204. The lowest BCUT2D eigenvalue weighted by Gasteiger charge is -2.11. The lowest BCUT2D eigenvalue weighted by Crippen LogP contribution is -2.19. The molecular weight excluding hydrogens is 212 g/mol. The van der Waals surface area contributed by atoms with Crippen LogP contribution in [0.5, 0.6) is 0 Å². The van der Waals surface area contributed by atoms with Crippen molar-refractivity contribution in [2.24, 2.45) is 0 Å². The van der Waals surface area contributed by atoms with E-state index in [9.17, 15) is 4.79 Å². The smallest absolute Gasteiger partial charge is 0.191 e. The van der Waals surface area contributed by atoms with Crippen LogP contribution in [0, 0.1) is 0 Å². The van der Waals surface area contributed by atoms with Gasteiger partial charge in [0.15, 0.2) is 5.78 Å². The molecule has 17 heavy (non-hydrogen) atoms. The van der Waals surface area contributed by atoms with Crippen molar-refractivity contribution in [1.82, 2.24) is 0 Å². The molecule has 0 amide bonds. The van der Waals surface area contributed by atoms with E-state index in [1.54, 1.807) is 0 Å². The maximum Gasteiger partial charge on any atom is 0.191 e. The first-order chi connectivity index (χ1) is 8.22. The van der Waals surface area contributed by atoms with E-state index in [0.29, 0.717) is 5.92 Å². The first-order valence-corrected chi connectivity index (χ1v) is 6.48. The van der Waals surface area contributed by atoms with Crippen molar-refractivity contribution in [2.75, 3.05) is 6.61 Å². The summed E-state index contributed by atoms with van der Waals surface area (Å²) in [5.41, 5.74) is 2.08. The number of ketones is 1. The van der Waals surface area contributed by atoms with Crippen LogP contribution in [0.4, 0.5) is 0 Å². The van der Waals surface area contributed by atoms with Crippen LogP contribution >= 0.6 is 0 Å². The highest BCUT2D eigenvalue weighted by Gasteiger charge is 2.24. The molecule has 0 spiro atoms. The minimum absolute atomic E-state index is 0.137. The molecule has 2 atom stereocenters. The van der Waals surface area contributed by atoms with Crippen molar-refractivity contribution >= 4 is 5.78 Å². The van der Waals surface area contributed by atoms with Gasteiger partial charge >= 0.3 is 0 Å². The Hall–Kier alpha value is -1.15. The Morgan fingerprint density at radius 1 is 1.41 bits per heavy atom. The van der Waals surface area contributed by atoms with Gasteiger partial charge in [0.05, 0.1) is 0 Å². The number of benzene rings is 1. The molecule has 1 heterocycles. The number of hydrogen-bond acceptors (Lipinski definition) is 2. The average Bonchev–Trinajstić information content (AvgIpc) is 2.91. The maximum absolute atomic E-state index is 12.1. The van der Waals surface area contributed by atoms with Crippen LogP contribution in [-0.2, 0) is 4.74 Å². The Morgan fingerprint density at radius 3 is 2.65 bits per heavy atom. The van der Waals surface area contributed by atoms with Crippen molar-refractivity contribution < 1.29 is 9.53 Å². The lowest BCUT2D eigenvalue weighted by atomic mass is 9.96. The molecule has 2 nitrogen and oxygen atoms in total. The maximum atomic E-state index is 12.1. The number of carbonyl (C=O) groups is 1. The van der Waals surface area contributed by atoms with E-state index < -0.39 is 0 Å². The molecule has 0 radical (unpaired) electrons. The van der Waals surface area contributed by atoms with E-state index in [1.165, 1.54) is 5.56 Å². The fourth-order valence-corrected chi connectivity index (χ4v) is 2.18. The quantitative estimate of drug-likeness (QED) is 0.742. The van der Waals surface area contributed by atoms with Gasteiger partial charge in [-0.1, -0.05) is 38.1 Å². The summed E-state index contributed by atoms with van der Waals surface area (Å²) in [6.07, 6.45) is 2.79. The Bertz CT molecular complexity index is 374. The topological polar surface area (TPSA) is 26.3 Å². The molecule has 1 fully saturated rings. The molecule has 1 aliphatic heterocycles. The van der Waals surface area contributed by atoms with Gasteiger partial charge in [-0.05, 0) is 30.7 Å². The molecule has 1 aromatic carbocycles.